The number of aldehydes is 1. The molecule has 0 bridgehead atoms. The number of carbonyl (C=O) groups excluding carboxylic acids is 1. The van der Waals surface area contributed by atoms with Crippen LogP contribution in [-0.4, -0.2) is 16.3 Å². The zero-order valence-corrected chi connectivity index (χ0v) is 10.8. The molecule has 92 valence electrons. The second-order valence-electron chi connectivity index (χ2n) is 4.03. The number of benzene rings is 2. The molecule has 3 nitrogen and oxygen atoms in total. The molecule has 0 amide bonds. The molecule has 0 aliphatic rings. The Labute approximate surface area is 114 Å². The molecule has 0 aliphatic heterocycles. The smallest absolute Gasteiger partial charge is 0.192 e. The van der Waals surface area contributed by atoms with E-state index in [-0.39, 0.29) is 0 Å². The van der Waals surface area contributed by atoms with Gasteiger partial charge in [-0.15, -0.1) is 0 Å². The van der Waals surface area contributed by atoms with Crippen molar-refractivity contribution in [3.05, 3.63) is 60.4 Å². The SMILES string of the molecule is O=Cc1cnc(Sc2ccc3ccccc3c2)nc1. The summed E-state index contributed by atoms with van der Waals surface area (Å²) in [4.78, 5) is 19.9. The lowest BCUT2D eigenvalue weighted by atomic mass is 10.1. The predicted octanol–water partition coefficient (Wildman–Crippen LogP) is 3.59. The van der Waals surface area contributed by atoms with E-state index in [0.29, 0.717) is 10.7 Å². The quantitative estimate of drug-likeness (QED) is 0.536. The van der Waals surface area contributed by atoms with Gasteiger partial charge in [0, 0.05) is 17.3 Å². The van der Waals surface area contributed by atoms with E-state index in [1.54, 1.807) is 0 Å². The number of aromatic nitrogens is 2. The van der Waals surface area contributed by atoms with Crippen molar-refractivity contribution in [3.8, 4) is 0 Å². The number of hydrogen-bond donors (Lipinski definition) is 0. The summed E-state index contributed by atoms with van der Waals surface area (Å²) in [5.41, 5.74) is 0.489. The molecule has 19 heavy (non-hydrogen) atoms. The number of hydrogen-bond acceptors (Lipinski definition) is 4. The Bertz CT molecular complexity index is 726. The molecule has 0 aliphatic carbocycles. The number of nitrogens with zero attached hydrogens (tertiary/aromatic N) is 2. The summed E-state index contributed by atoms with van der Waals surface area (Å²) in [7, 11) is 0. The second kappa shape index (κ2) is 5.20. The molecule has 3 rings (SSSR count). The molecule has 1 aromatic heterocycles. The van der Waals surface area contributed by atoms with E-state index >= 15 is 0 Å². The average Bonchev–Trinajstić information content (AvgIpc) is 2.48. The Kier molecular flexibility index (Phi) is 3.25. The van der Waals surface area contributed by atoms with Crippen LogP contribution in [0, 0.1) is 0 Å². The molecular weight excluding hydrogens is 256 g/mol. The van der Waals surface area contributed by atoms with E-state index in [1.165, 1.54) is 34.9 Å². The largest absolute Gasteiger partial charge is 0.298 e. The van der Waals surface area contributed by atoms with Crippen molar-refractivity contribution in [3.63, 3.8) is 0 Å². The lowest BCUT2D eigenvalue weighted by Crippen LogP contribution is -1.89. The minimum absolute atomic E-state index is 0.489. The Balaban J connectivity index is 1.89. The van der Waals surface area contributed by atoms with Gasteiger partial charge in [-0.25, -0.2) is 9.97 Å². The normalized spacial score (nSPS) is 10.5. The van der Waals surface area contributed by atoms with Crippen LogP contribution in [-0.2, 0) is 0 Å². The number of fused-ring (bicyclic) bond motifs is 1. The van der Waals surface area contributed by atoms with Gasteiger partial charge in [0.2, 0.25) is 0 Å². The molecule has 1 heterocycles. The maximum atomic E-state index is 10.5. The van der Waals surface area contributed by atoms with Gasteiger partial charge in [0.25, 0.3) is 0 Å². The summed E-state index contributed by atoms with van der Waals surface area (Å²) in [5, 5.41) is 3.04. The van der Waals surface area contributed by atoms with Crippen LogP contribution in [0.5, 0.6) is 0 Å². The zero-order chi connectivity index (χ0) is 13.1. The van der Waals surface area contributed by atoms with Crippen LogP contribution in [0.4, 0.5) is 0 Å². The van der Waals surface area contributed by atoms with Crippen LogP contribution < -0.4 is 0 Å². The van der Waals surface area contributed by atoms with Gasteiger partial charge in [0.05, 0.1) is 5.56 Å². The Morgan fingerprint density at radius 2 is 1.68 bits per heavy atom. The van der Waals surface area contributed by atoms with Crippen molar-refractivity contribution < 1.29 is 4.79 Å². The predicted molar refractivity (Wildman–Crippen MR) is 75.5 cm³/mol. The van der Waals surface area contributed by atoms with Gasteiger partial charge in [-0.2, -0.15) is 0 Å². The van der Waals surface area contributed by atoms with Gasteiger partial charge in [0.15, 0.2) is 11.4 Å². The highest BCUT2D eigenvalue weighted by molar-refractivity contribution is 7.99. The molecule has 0 fully saturated rings. The van der Waals surface area contributed by atoms with Crippen LogP contribution in [0.1, 0.15) is 10.4 Å². The van der Waals surface area contributed by atoms with Gasteiger partial charge < -0.3 is 0 Å². The third-order valence-corrected chi connectivity index (χ3v) is 3.60. The first-order valence-electron chi connectivity index (χ1n) is 5.79. The van der Waals surface area contributed by atoms with Gasteiger partial charge >= 0.3 is 0 Å². The summed E-state index contributed by atoms with van der Waals surface area (Å²) < 4.78 is 0. The molecular formula is C15H10N2OS. The van der Waals surface area contributed by atoms with Crippen molar-refractivity contribution in [1.29, 1.82) is 0 Å². The summed E-state index contributed by atoms with van der Waals surface area (Å²) in [6, 6.07) is 14.4. The van der Waals surface area contributed by atoms with E-state index in [9.17, 15) is 4.79 Å². The van der Waals surface area contributed by atoms with Crippen molar-refractivity contribution >= 4 is 28.8 Å². The van der Waals surface area contributed by atoms with Gasteiger partial charge in [0.1, 0.15) is 0 Å². The fourth-order valence-electron chi connectivity index (χ4n) is 1.78. The third kappa shape index (κ3) is 2.63. The van der Waals surface area contributed by atoms with E-state index in [4.69, 9.17) is 0 Å². The first-order valence-corrected chi connectivity index (χ1v) is 6.61. The van der Waals surface area contributed by atoms with Crippen LogP contribution in [0.25, 0.3) is 10.8 Å². The van der Waals surface area contributed by atoms with Crippen molar-refractivity contribution in [2.75, 3.05) is 0 Å². The second-order valence-corrected chi connectivity index (χ2v) is 5.07. The molecule has 0 spiro atoms. The van der Waals surface area contributed by atoms with Crippen LogP contribution in [0.15, 0.2) is 64.9 Å². The highest BCUT2D eigenvalue weighted by atomic mass is 32.2. The molecule has 0 unspecified atom stereocenters. The highest BCUT2D eigenvalue weighted by Gasteiger charge is 2.02. The standard InChI is InChI=1S/C15H10N2OS/c18-10-11-8-16-15(17-9-11)19-14-6-5-12-3-1-2-4-13(12)7-14/h1-10H. The molecule has 0 saturated carbocycles. The third-order valence-electron chi connectivity index (χ3n) is 2.71. The van der Waals surface area contributed by atoms with Crippen molar-refractivity contribution in [1.82, 2.24) is 9.97 Å². The number of rotatable bonds is 3. The van der Waals surface area contributed by atoms with Crippen molar-refractivity contribution in [2.45, 2.75) is 10.1 Å². The van der Waals surface area contributed by atoms with E-state index in [2.05, 4.69) is 34.2 Å². The van der Waals surface area contributed by atoms with Crippen molar-refractivity contribution in [2.24, 2.45) is 0 Å². The summed E-state index contributed by atoms with van der Waals surface area (Å²) in [5.74, 6) is 0. The molecule has 0 saturated heterocycles. The monoisotopic (exact) mass is 266 g/mol. The maximum Gasteiger partial charge on any atom is 0.192 e. The van der Waals surface area contributed by atoms with E-state index < -0.39 is 0 Å². The molecule has 0 N–H and O–H groups in total. The lowest BCUT2D eigenvalue weighted by Gasteiger charge is -2.02. The Morgan fingerprint density at radius 1 is 0.947 bits per heavy atom. The fraction of sp³-hybridized carbons (Fsp3) is 0. The molecule has 3 aromatic rings. The summed E-state index contributed by atoms with van der Waals surface area (Å²) in [6.45, 7) is 0. The first kappa shape index (κ1) is 11.9. The van der Waals surface area contributed by atoms with E-state index in [1.807, 2.05) is 18.2 Å². The molecule has 0 atom stereocenters. The summed E-state index contributed by atoms with van der Waals surface area (Å²) in [6.07, 6.45) is 3.80. The minimum Gasteiger partial charge on any atom is -0.298 e. The first-order chi connectivity index (χ1) is 9.35. The van der Waals surface area contributed by atoms with Crippen LogP contribution >= 0.6 is 11.8 Å². The highest BCUT2D eigenvalue weighted by Crippen LogP contribution is 2.27. The molecule has 4 heteroatoms. The summed E-state index contributed by atoms with van der Waals surface area (Å²) >= 11 is 1.48. The topological polar surface area (TPSA) is 42.9 Å². The van der Waals surface area contributed by atoms with E-state index in [0.717, 1.165) is 11.2 Å². The Morgan fingerprint density at radius 3 is 2.42 bits per heavy atom. The van der Waals surface area contributed by atoms with Crippen LogP contribution in [0.2, 0.25) is 0 Å². The van der Waals surface area contributed by atoms with Gasteiger partial charge in [-0.05, 0) is 34.7 Å². The number of carbonyl (C=O) groups is 1. The fourth-order valence-corrected chi connectivity index (χ4v) is 2.52. The lowest BCUT2D eigenvalue weighted by molar-refractivity contribution is 0.112. The maximum absolute atomic E-state index is 10.5. The van der Waals surface area contributed by atoms with Gasteiger partial charge in [-0.1, -0.05) is 30.3 Å². The van der Waals surface area contributed by atoms with Crippen LogP contribution in [0.3, 0.4) is 0 Å². The molecule has 0 radical (unpaired) electrons. The zero-order valence-electron chi connectivity index (χ0n) is 9.98. The average molecular weight is 266 g/mol. The molecule has 2 aromatic carbocycles. The van der Waals surface area contributed by atoms with Gasteiger partial charge in [-0.3, -0.25) is 4.79 Å². The minimum atomic E-state index is 0.489. The Hall–Kier alpha value is -2.20.